The Balaban J connectivity index is 2.06. The average Bonchev–Trinajstić information content (AvgIpc) is 2.94. The molecule has 2 amide bonds. The second-order valence-corrected chi connectivity index (χ2v) is 7.59. The van der Waals surface area contributed by atoms with Crippen molar-refractivity contribution in [3.05, 3.63) is 87.7 Å². The van der Waals surface area contributed by atoms with Gasteiger partial charge in [-0.05, 0) is 43.7 Å². The van der Waals surface area contributed by atoms with Crippen molar-refractivity contribution in [1.82, 2.24) is 9.47 Å². The van der Waals surface area contributed by atoms with Gasteiger partial charge in [0.05, 0.1) is 11.1 Å². The number of carbonyl (C=O) groups is 2. The summed E-state index contributed by atoms with van der Waals surface area (Å²) in [6, 6.07) is 16.9. The smallest absolute Gasteiger partial charge is 0.258 e. The molecule has 1 aromatic heterocycles. The van der Waals surface area contributed by atoms with Crippen molar-refractivity contribution in [2.75, 3.05) is 19.4 Å². The van der Waals surface area contributed by atoms with Crippen LogP contribution in [0.5, 0.6) is 0 Å². The van der Waals surface area contributed by atoms with Crippen molar-refractivity contribution in [3.8, 4) is 0 Å². The highest BCUT2D eigenvalue weighted by molar-refractivity contribution is 6.30. The molecule has 150 valence electrons. The Morgan fingerprint density at radius 2 is 1.52 bits per heavy atom. The maximum Gasteiger partial charge on any atom is 0.258 e. The summed E-state index contributed by atoms with van der Waals surface area (Å²) in [7, 11) is 3.37. The number of nitrogens with zero attached hydrogens (tertiary/aromatic N) is 2. The molecule has 0 aliphatic heterocycles. The van der Waals surface area contributed by atoms with E-state index in [1.54, 1.807) is 38.4 Å². The van der Waals surface area contributed by atoms with Gasteiger partial charge in [0.15, 0.2) is 0 Å². The molecule has 0 spiro atoms. The van der Waals surface area contributed by atoms with Crippen LogP contribution in [0.3, 0.4) is 0 Å². The largest absolute Gasteiger partial charge is 0.345 e. The Hall–Kier alpha value is -3.05. The maximum absolute atomic E-state index is 13.2. The fourth-order valence-electron chi connectivity index (χ4n) is 3.38. The molecule has 0 radical (unpaired) electrons. The lowest BCUT2D eigenvalue weighted by atomic mass is 10.1. The van der Waals surface area contributed by atoms with Gasteiger partial charge in [-0.25, -0.2) is 0 Å². The van der Waals surface area contributed by atoms with Crippen LogP contribution in [0.1, 0.15) is 37.7 Å². The molecule has 29 heavy (non-hydrogen) atoms. The number of amides is 2. The van der Waals surface area contributed by atoms with Crippen LogP contribution in [0.25, 0.3) is 0 Å². The molecule has 0 unspecified atom stereocenters. The van der Waals surface area contributed by atoms with Gasteiger partial charge >= 0.3 is 0 Å². The van der Waals surface area contributed by atoms with E-state index in [1.807, 2.05) is 48.7 Å². The molecule has 0 saturated carbocycles. The van der Waals surface area contributed by atoms with Gasteiger partial charge in [-0.3, -0.25) is 9.59 Å². The number of rotatable bonds is 5. The lowest BCUT2D eigenvalue weighted by molar-refractivity contribution is 0.0821. The van der Waals surface area contributed by atoms with Crippen LogP contribution in [0.4, 0.5) is 5.69 Å². The lowest BCUT2D eigenvalue weighted by Crippen LogP contribution is -2.25. The molecule has 3 rings (SSSR count). The first-order valence-corrected chi connectivity index (χ1v) is 9.69. The molecule has 2 aromatic carbocycles. The zero-order chi connectivity index (χ0) is 21.1. The molecule has 0 fully saturated rings. The highest BCUT2D eigenvalue weighted by Gasteiger charge is 2.28. The first-order valence-electron chi connectivity index (χ1n) is 9.31. The minimum absolute atomic E-state index is 0.196. The minimum atomic E-state index is -0.315. The summed E-state index contributed by atoms with van der Waals surface area (Å²) in [4.78, 5) is 27.6. The minimum Gasteiger partial charge on any atom is -0.345 e. The fraction of sp³-hybridized carbons (Fsp3) is 0.217. The van der Waals surface area contributed by atoms with E-state index in [0.29, 0.717) is 28.4 Å². The van der Waals surface area contributed by atoms with Crippen molar-refractivity contribution in [2.24, 2.45) is 0 Å². The van der Waals surface area contributed by atoms with Crippen LogP contribution < -0.4 is 5.32 Å². The van der Waals surface area contributed by atoms with E-state index in [9.17, 15) is 9.59 Å². The SMILES string of the molecule is Cc1c(C(=O)Nc2ccc(Cl)cc2)c(C(=O)N(C)C)c(C)n1Cc1ccccc1. The number of halogens is 1. The quantitative estimate of drug-likeness (QED) is 0.660. The zero-order valence-electron chi connectivity index (χ0n) is 17.0. The van der Waals surface area contributed by atoms with Crippen LogP contribution >= 0.6 is 11.6 Å². The van der Waals surface area contributed by atoms with Gasteiger partial charge < -0.3 is 14.8 Å². The fourth-order valence-corrected chi connectivity index (χ4v) is 3.50. The number of benzene rings is 2. The van der Waals surface area contributed by atoms with E-state index in [-0.39, 0.29) is 11.8 Å². The summed E-state index contributed by atoms with van der Waals surface area (Å²) in [6.07, 6.45) is 0. The lowest BCUT2D eigenvalue weighted by Gasteiger charge is -2.13. The molecule has 1 N–H and O–H groups in total. The highest BCUT2D eigenvalue weighted by Crippen LogP contribution is 2.26. The number of carbonyl (C=O) groups excluding carboxylic acids is 2. The molecular weight excluding hydrogens is 386 g/mol. The van der Waals surface area contributed by atoms with Crippen LogP contribution in [0.2, 0.25) is 5.02 Å². The summed E-state index contributed by atoms with van der Waals surface area (Å²) in [6.45, 7) is 4.34. The van der Waals surface area contributed by atoms with Crippen LogP contribution in [-0.2, 0) is 6.54 Å². The van der Waals surface area contributed by atoms with Crippen molar-refractivity contribution >= 4 is 29.1 Å². The predicted molar refractivity (Wildman–Crippen MR) is 117 cm³/mol. The van der Waals surface area contributed by atoms with Crippen molar-refractivity contribution in [3.63, 3.8) is 0 Å². The van der Waals surface area contributed by atoms with Gasteiger partial charge in [-0.1, -0.05) is 41.9 Å². The standard InChI is InChI=1S/C23H24ClN3O2/c1-15-20(22(28)25-19-12-10-18(24)11-13-19)21(23(29)26(3)4)16(2)27(15)14-17-8-6-5-7-9-17/h5-13H,14H2,1-4H3,(H,25,28). The molecule has 0 atom stereocenters. The van der Waals surface area contributed by atoms with Crippen molar-refractivity contribution in [2.45, 2.75) is 20.4 Å². The summed E-state index contributed by atoms with van der Waals surface area (Å²) >= 11 is 5.93. The molecule has 5 nitrogen and oxygen atoms in total. The van der Waals surface area contributed by atoms with Gasteiger partial charge in [0.1, 0.15) is 0 Å². The molecule has 0 bridgehead atoms. The average molecular weight is 410 g/mol. The molecular formula is C23H24ClN3O2. The Labute approximate surface area is 175 Å². The topological polar surface area (TPSA) is 54.3 Å². The molecule has 0 saturated heterocycles. The number of hydrogen-bond acceptors (Lipinski definition) is 2. The second-order valence-electron chi connectivity index (χ2n) is 7.15. The van der Waals surface area contributed by atoms with Crippen LogP contribution in [0, 0.1) is 13.8 Å². The van der Waals surface area contributed by atoms with E-state index in [2.05, 4.69) is 5.32 Å². The Kier molecular flexibility index (Phi) is 6.09. The second kappa shape index (κ2) is 8.53. The highest BCUT2D eigenvalue weighted by atomic mass is 35.5. The molecule has 1 heterocycles. The van der Waals surface area contributed by atoms with Gasteiger partial charge in [0.2, 0.25) is 0 Å². The van der Waals surface area contributed by atoms with Gasteiger partial charge in [-0.2, -0.15) is 0 Å². The van der Waals surface area contributed by atoms with Crippen LogP contribution in [-0.4, -0.2) is 35.4 Å². The third kappa shape index (κ3) is 4.35. The third-order valence-electron chi connectivity index (χ3n) is 4.92. The molecule has 3 aromatic rings. The number of aromatic nitrogens is 1. The maximum atomic E-state index is 13.2. The zero-order valence-corrected chi connectivity index (χ0v) is 17.7. The summed E-state index contributed by atoms with van der Waals surface area (Å²) < 4.78 is 2.02. The van der Waals surface area contributed by atoms with Crippen molar-refractivity contribution in [1.29, 1.82) is 0 Å². The summed E-state index contributed by atoms with van der Waals surface area (Å²) in [5, 5.41) is 3.47. The van der Waals surface area contributed by atoms with Crippen LogP contribution in [0.15, 0.2) is 54.6 Å². The third-order valence-corrected chi connectivity index (χ3v) is 5.17. The van der Waals surface area contributed by atoms with Gasteiger partial charge in [0.25, 0.3) is 11.8 Å². The van der Waals surface area contributed by atoms with E-state index in [4.69, 9.17) is 11.6 Å². The first kappa shape index (κ1) is 20.7. The van der Waals surface area contributed by atoms with E-state index < -0.39 is 0 Å². The molecule has 6 heteroatoms. The predicted octanol–water partition coefficient (Wildman–Crippen LogP) is 4.76. The molecule has 0 aliphatic rings. The van der Waals surface area contributed by atoms with Gasteiger partial charge in [-0.15, -0.1) is 0 Å². The number of anilines is 1. The Morgan fingerprint density at radius 3 is 2.10 bits per heavy atom. The Morgan fingerprint density at radius 1 is 0.931 bits per heavy atom. The number of nitrogens with one attached hydrogen (secondary N) is 1. The van der Waals surface area contributed by atoms with Gasteiger partial charge in [0, 0.05) is 42.7 Å². The molecule has 0 aliphatic carbocycles. The van der Waals surface area contributed by atoms with Crippen molar-refractivity contribution < 1.29 is 9.59 Å². The number of hydrogen-bond donors (Lipinski definition) is 1. The first-order chi connectivity index (χ1) is 13.8. The summed E-state index contributed by atoms with van der Waals surface area (Å²) in [5.74, 6) is -0.511. The van der Waals surface area contributed by atoms with E-state index in [0.717, 1.165) is 17.0 Å². The van der Waals surface area contributed by atoms with E-state index in [1.165, 1.54) is 4.90 Å². The van der Waals surface area contributed by atoms with E-state index >= 15 is 0 Å². The summed E-state index contributed by atoms with van der Waals surface area (Å²) in [5.41, 5.74) is 4.06. The monoisotopic (exact) mass is 409 g/mol. The normalized spacial score (nSPS) is 10.7. The Bertz CT molecular complexity index is 1040.